The Bertz CT molecular complexity index is 2100. The third-order valence-corrected chi connectivity index (χ3v) is 7.74. The van der Waals surface area contributed by atoms with Crippen molar-refractivity contribution < 1.29 is 8.83 Å². The predicted octanol–water partition coefficient (Wildman–Crippen LogP) is 10.3. The van der Waals surface area contributed by atoms with Crippen LogP contribution in [0.15, 0.2) is 124 Å². The topological polar surface area (TPSA) is 80.7 Å². The Morgan fingerprint density at radius 3 is 1.49 bits per heavy atom. The zero-order valence-electron chi connectivity index (χ0n) is 25.6. The van der Waals surface area contributed by atoms with Gasteiger partial charge in [0.2, 0.25) is 0 Å². The van der Waals surface area contributed by atoms with Gasteiger partial charge in [0, 0.05) is 30.5 Å². The molecule has 6 nitrogen and oxygen atoms in total. The van der Waals surface area contributed by atoms with Crippen LogP contribution in [0.25, 0.3) is 67.2 Å². The first kappa shape index (κ1) is 28.0. The number of hydrogen-bond donors (Lipinski definition) is 1. The lowest BCUT2D eigenvalue weighted by Crippen LogP contribution is -1.84. The van der Waals surface area contributed by atoms with E-state index >= 15 is 0 Å². The highest BCUT2D eigenvalue weighted by Gasteiger charge is 2.15. The zero-order valence-corrected chi connectivity index (χ0v) is 25.6. The molecule has 0 atom stereocenters. The number of aryl methyl sites for hydroxylation is 4. The lowest BCUT2D eigenvalue weighted by Gasteiger charge is -2.04. The number of H-pyrrole nitrogens is 1. The second kappa shape index (κ2) is 11.7. The maximum absolute atomic E-state index is 5.49. The van der Waals surface area contributed by atoms with Crippen LogP contribution >= 0.6 is 0 Å². The Hall–Kier alpha value is -5.75. The normalized spacial score (nSPS) is 11.1. The summed E-state index contributed by atoms with van der Waals surface area (Å²) in [6.45, 7) is 7.91. The molecule has 8 rings (SSSR count). The van der Waals surface area contributed by atoms with Crippen molar-refractivity contribution in [1.29, 1.82) is 0 Å². The third-order valence-electron chi connectivity index (χ3n) is 7.74. The molecule has 0 aliphatic carbocycles. The Labute approximate surface area is 261 Å². The highest BCUT2D eigenvalue weighted by atomic mass is 16.3. The fraction of sp³-hybridized carbons (Fsp3) is 0.103. The zero-order chi connectivity index (χ0) is 30.9. The maximum Gasteiger partial charge on any atom is 0.192 e. The van der Waals surface area contributed by atoms with Gasteiger partial charge in [-0.3, -0.25) is 0 Å². The number of rotatable bonds is 4. The molecular weight excluding hydrogens is 556 g/mol. The molecule has 45 heavy (non-hydrogen) atoms. The first-order chi connectivity index (χ1) is 21.9. The Morgan fingerprint density at radius 1 is 0.467 bits per heavy atom. The number of benzene rings is 5. The Morgan fingerprint density at radius 2 is 0.956 bits per heavy atom. The van der Waals surface area contributed by atoms with Gasteiger partial charge in [0.1, 0.15) is 16.9 Å². The van der Waals surface area contributed by atoms with E-state index < -0.39 is 0 Å². The van der Waals surface area contributed by atoms with Gasteiger partial charge in [-0.15, -0.1) is 0 Å². The molecule has 8 aromatic rings. The van der Waals surface area contributed by atoms with E-state index in [9.17, 15) is 0 Å². The number of oxazole rings is 2. The van der Waals surface area contributed by atoms with Gasteiger partial charge >= 0.3 is 0 Å². The molecule has 0 aliphatic rings. The highest BCUT2D eigenvalue weighted by Crippen LogP contribution is 2.33. The molecule has 3 heterocycles. The molecule has 0 amide bonds. The minimum absolute atomic E-state index is 0.680. The fourth-order valence-electron chi connectivity index (χ4n) is 5.40. The number of fused-ring (bicyclic) bond motifs is 2. The van der Waals surface area contributed by atoms with E-state index in [1.54, 1.807) is 0 Å². The van der Waals surface area contributed by atoms with Crippen LogP contribution < -0.4 is 0 Å². The van der Waals surface area contributed by atoms with Gasteiger partial charge in [-0.25, -0.2) is 15.0 Å². The van der Waals surface area contributed by atoms with Crippen LogP contribution in [0, 0.1) is 27.7 Å². The van der Waals surface area contributed by atoms with E-state index in [1.165, 1.54) is 11.1 Å². The van der Waals surface area contributed by atoms with Gasteiger partial charge in [0.25, 0.3) is 0 Å². The van der Waals surface area contributed by atoms with Crippen molar-refractivity contribution in [1.82, 2.24) is 19.9 Å². The van der Waals surface area contributed by atoms with Crippen LogP contribution in [-0.4, -0.2) is 19.9 Å². The summed E-state index contributed by atoms with van der Waals surface area (Å²) in [5, 5.41) is 0. The molecule has 0 bridgehead atoms. The average molecular weight is 589 g/mol. The van der Waals surface area contributed by atoms with E-state index in [1.807, 2.05) is 68.4 Å². The summed E-state index contributed by atoms with van der Waals surface area (Å²) in [6, 6.07) is 39.4. The van der Waals surface area contributed by atoms with Crippen LogP contribution in [0.5, 0.6) is 0 Å². The van der Waals surface area contributed by atoms with E-state index in [-0.39, 0.29) is 0 Å². The van der Waals surface area contributed by atoms with Gasteiger partial charge in [-0.2, -0.15) is 0 Å². The van der Waals surface area contributed by atoms with Crippen molar-refractivity contribution >= 4 is 22.2 Å². The lowest BCUT2D eigenvalue weighted by molar-refractivity contribution is 0.560. The van der Waals surface area contributed by atoms with Crippen molar-refractivity contribution in [3.63, 3.8) is 0 Å². The molecule has 0 unspecified atom stereocenters. The molecule has 220 valence electrons. The molecular formula is C39H32N4O2. The quantitative estimate of drug-likeness (QED) is 0.221. The molecule has 0 fully saturated rings. The second-order valence-electron chi connectivity index (χ2n) is 11.2. The van der Waals surface area contributed by atoms with Crippen LogP contribution in [0.4, 0.5) is 0 Å². The van der Waals surface area contributed by atoms with E-state index in [4.69, 9.17) is 13.8 Å². The summed E-state index contributed by atoms with van der Waals surface area (Å²) in [5.41, 5.74) is 13.5. The third kappa shape index (κ3) is 5.91. The molecule has 5 aromatic carbocycles. The maximum atomic E-state index is 5.49. The van der Waals surface area contributed by atoms with Crippen molar-refractivity contribution in [3.8, 4) is 45.0 Å². The summed E-state index contributed by atoms with van der Waals surface area (Å²) in [5.74, 6) is 2.26. The smallest absolute Gasteiger partial charge is 0.192 e. The van der Waals surface area contributed by atoms with Crippen LogP contribution in [0.1, 0.15) is 22.9 Å². The first-order valence-electron chi connectivity index (χ1n) is 14.9. The lowest BCUT2D eigenvalue weighted by atomic mass is 10.0. The number of imidazole rings is 1. The minimum Gasteiger partial charge on any atom is -0.441 e. The van der Waals surface area contributed by atoms with Crippen molar-refractivity contribution in [2.75, 3.05) is 0 Å². The molecule has 6 heteroatoms. The van der Waals surface area contributed by atoms with E-state index in [0.717, 1.165) is 67.2 Å². The molecule has 1 N–H and O–H groups in total. The van der Waals surface area contributed by atoms with Crippen LogP contribution in [0.2, 0.25) is 0 Å². The second-order valence-corrected chi connectivity index (χ2v) is 11.2. The summed E-state index contributed by atoms with van der Waals surface area (Å²) in [7, 11) is 0. The minimum atomic E-state index is 0.680. The average Bonchev–Trinajstić information content (AvgIpc) is 3.77. The summed E-state index contributed by atoms with van der Waals surface area (Å²) in [6.07, 6.45) is 0. The molecule has 0 radical (unpaired) electrons. The van der Waals surface area contributed by atoms with Crippen molar-refractivity contribution in [3.05, 3.63) is 138 Å². The van der Waals surface area contributed by atoms with Gasteiger partial charge in [0.05, 0.1) is 11.4 Å². The number of aromatic nitrogens is 4. The SMILES string of the molecule is Cc1ccc(-c2nc(-c3ccccc3)[nH]c2-c2ccc(C)cc2)cc1.Cc1nc2cc(-c3ccc4oc(C)nc4c3)ccc2o1. The molecule has 3 aromatic heterocycles. The first-order valence-corrected chi connectivity index (χ1v) is 14.9. The molecule has 0 aliphatic heterocycles. The highest BCUT2D eigenvalue weighted by molar-refractivity contribution is 5.85. The molecule has 0 saturated carbocycles. The number of aromatic amines is 1. The standard InChI is InChI=1S/C23H20N2.C16H12N2O2/c1-16-8-12-18(13-9-16)21-22(19-14-10-17(2)11-15-19)25-23(24-21)20-6-4-3-5-7-20;1-9-17-13-7-11(3-5-15(13)19-9)12-4-6-16-14(8-12)18-10(2)20-16/h3-15H,1-2H3,(H,24,25);3-8H,1-2H3. The van der Waals surface area contributed by atoms with Gasteiger partial charge in [-0.1, -0.05) is 102 Å². The van der Waals surface area contributed by atoms with Gasteiger partial charge < -0.3 is 13.8 Å². The summed E-state index contributed by atoms with van der Waals surface area (Å²) < 4.78 is 11.0. The summed E-state index contributed by atoms with van der Waals surface area (Å²) >= 11 is 0. The Kier molecular flexibility index (Phi) is 7.31. The largest absolute Gasteiger partial charge is 0.441 e. The fourth-order valence-corrected chi connectivity index (χ4v) is 5.40. The Balaban J connectivity index is 0.000000148. The van der Waals surface area contributed by atoms with E-state index in [2.05, 4.69) is 89.5 Å². The monoisotopic (exact) mass is 588 g/mol. The van der Waals surface area contributed by atoms with Crippen molar-refractivity contribution in [2.45, 2.75) is 27.7 Å². The summed E-state index contributed by atoms with van der Waals surface area (Å²) in [4.78, 5) is 17.2. The number of nitrogens with zero attached hydrogens (tertiary/aromatic N) is 3. The van der Waals surface area contributed by atoms with Gasteiger partial charge in [-0.05, 0) is 49.2 Å². The predicted molar refractivity (Wildman–Crippen MR) is 181 cm³/mol. The molecule has 0 spiro atoms. The number of hydrogen-bond acceptors (Lipinski definition) is 5. The van der Waals surface area contributed by atoms with Crippen molar-refractivity contribution in [2.24, 2.45) is 0 Å². The van der Waals surface area contributed by atoms with E-state index in [0.29, 0.717) is 11.8 Å². The number of nitrogens with one attached hydrogen (secondary N) is 1. The molecule has 0 saturated heterocycles. The van der Waals surface area contributed by atoms with Gasteiger partial charge in [0.15, 0.2) is 22.9 Å². The van der Waals surface area contributed by atoms with Crippen LogP contribution in [0.3, 0.4) is 0 Å². The van der Waals surface area contributed by atoms with Crippen LogP contribution in [-0.2, 0) is 0 Å².